The number of nitrogens with zero attached hydrogens (tertiary/aromatic N) is 1. The molecule has 0 radical (unpaired) electrons. The molecular weight excluding hydrogens is 186 g/mol. The van der Waals surface area contributed by atoms with Gasteiger partial charge in [0.2, 0.25) is 0 Å². The highest BCUT2D eigenvalue weighted by Gasteiger charge is 2.18. The Bertz CT molecular complexity index is 306. The first-order valence-corrected chi connectivity index (χ1v) is 5.38. The van der Waals surface area contributed by atoms with Gasteiger partial charge in [-0.05, 0) is 26.1 Å². The summed E-state index contributed by atoms with van der Waals surface area (Å²) in [7, 11) is 3.91. The van der Waals surface area contributed by atoms with Gasteiger partial charge in [0.05, 0.1) is 6.04 Å². The van der Waals surface area contributed by atoms with E-state index >= 15 is 0 Å². The van der Waals surface area contributed by atoms with E-state index < -0.39 is 0 Å². The lowest BCUT2D eigenvalue weighted by Crippen LogP contribution is -2.36. The zero-order chi connectivity index (χ0) is 11.3. The van der Waals surface area contributed by atoms with Gasteiger partial charge in [-0.2, -0.15) is 0 Å². The van der Waals surface area contributed by atoms with E-state index in [0.717, 1.165) is 12.0 Å². The van der Waals surface area contributed by atoms with E-state index in [2.05, 4.69) is 0 Å². The molecule has 2 nitrogen and oxygen atoms in total. The molecule has 1 unspecified atom stereocenters. The lowest BCUT2D eigenvalue weighted by molar-refractivity contribution is -0.122. The summed E-state index contributed by atoms with van der Waals surface area (Å²) >= 11 is 0. The van der Waals surface area contributed by atoms with Crippen LogP contribution in [-0.2, 0) is 11.2 Å². The first-order chi connectivity index (χ1) is 7.15. The second kappa shape index (κ2) is 5.66. The molecule has 0 heterocycles. The molecule has 0 fully saturated rings. The van der Waals surface area contributed by atoms with E-state index in [4.69, 9.17) is 0 Å². The first kappa shape index (κ1) is 11.9. The number of carbonyl (C=O) groups is 1. The van der Waals surface area contributed by atoms with Crippen LogP contribution in [0.4, 0.5) is 0 Å². The highest BCUT2D eigenvalue weighted by atomic mass is 16.1. The Morgan fingerprint density at radius 2 is 1.87 bits per heavy atom. The largest absolute Gasteiger partial charge is 0.300 e. The molecule has 0 spiro atoms. The van der Waals surface area contributed by atoms with E-state index in [1.807, 2.05) is 56.3 Å². The van der Waals surface area contributed by atoms with Crippen LogP contribution in [0.3, 0.4) is 0 Å². The van der Waals surface area contributed by atoms with Crippen molar-refractivity contribution in [1.82, 2.24) is 4.90 Å². The average Bonchev–Trinajstić information content (AvgIpc) is 2.19. The SMILES string of the molecule is CCC(C(=O)Cc1ccccc1)N(C)C. The molecule has 1 atom stereocenters. The van der Waals surface area contributed by atoms with Crippen LogP contribution in [0.1, 0.15) is 18.9 Å². The molecule has 0 bridgehead atoms. The van der Waals surface area contributed by atoms with Gasteiger partial charge in [-0.3, -0.25) is 9.69 Å². The fourth-order valence-electron chi connectivity index (χ4n) is 1.80. The number of ketones is 1. The molecule has 0 saturated heterocycles. The van der Waals surface area contributed by atoms with Crippen molar-refractivity contribution in [3.63, 3.8) is 0 Å². The smallest absolute Gasteiger partial charge is 0.154 e. The lowest BCUT2D eigenvalue weighted by Gasteiger charge is -2.21. The van der Waals surface area contributed by atoms with Gasteiger partial charge in [0.1, 0.15) is 0 Å². The molecule has 82 valence electrons. The summed E-state index contributed by atoms with van der Waals surface area (Å²) in [4.78, 5) is 13.9. The fraction of sp³-hybridized carbons (Fsp3) is 0.462. The Labute approximate surface area is 91.9 Å². The predicted octanol–water partition coefficient (Wildman–Crippen LogP) is 2.14. The summed E-state index contributed by atoms with van der Waals surface area (Å²) in [6, 6.07) is 9.96. The van der Waals surface area contributed by atoms with E-state index in [1.54, 1.807) is 0 Å². The average molecular weight is 205 g/mol. The molecular formula is C13H19NO. The predicted molar refractivity (Wildman–Crippen MR) is 62.9 cm³/mol. The quantitative estimate of drug-likeness (QED) is 0.734. The van der Waals surface area contributed by atoms with Crippen molar-refractivity contribution in [3.05, 3.63) is 35.9 Å². The molecule has 0 amide bonds. The molecule has 1 rings (SSSR count). The van der Waals surface area contributed by atoms with Crippen LogP contribution in [-0.4, -0.2) is 30.8 Å². The monoisotopic (exact) mass is 205 g/mol. The van der Waals surface area contributed by atoms with Crippen LogP contribution in [0.2, 0.25) is 0 Å². The number of carbonyl (C=O) groups excluding carboxylic acids is 1. The summed E-state index contributed by atoms with van der Waals surface area (Å²) in [5.41, 5.74) is 1.10. The summed E-state index contributed by atoms with van der Waals surface area (Å²) in [6.07, 6.45) is 1.41. The molecule has 15 heavy (non-hydrogen) atoms. The zero-order valence-electron chi connectivity index (χ0n) is 9.73. The topological polar surface area (TPSA) is 20.3 Å². The third-order valence-corrected chi connectivity index (χ3v) is 2.60. The molecule has 0 aliphatic carbocycles. The fourth-order valence-corrected chi connectivity index (χ4v) is 1.80. The van der Waals surface area contributed by atoms with Gasteiger partial charge in [0.15, 0.2) is 5.78 Å². The first-order valence-electron chi connectivity index (χ1n) is 5.38. The van der Waals surface area contributed by atoms with E-state index in [-0.39, 0.29) is 6.04 Å². The second-order valence-electron chi connectivity index (χ2n) is 4.02. The number of Topliss-reactive ketones (excluding diaryl/α,β-unsaturated/α-hetero) is 1. The van der Waals surface area contributed by atoms with Gasteiger partial charge in [0, 0.05) is 6.42 Å². The number of hydrogen-bond donors (Lipinski definition) is 0. The van der Waals surface area contributed by atoms with Crippen molar-refractivity contribution >= 4 is 5.78 Å². The molecule has 0 aliphatic rings. The molecule has 0 aliphatic heterocycles. The maximum absolute atomic E-state index is 11.9. The Morgan fingerprint density at radius 3 is 2.33 bits per heavy atom. The van der Waals surface area contributed by atoms with Gasteiger partial charge < -0.3 is 0 Å². The molecule has 0 saturated carbocycles. The maximum Gasteiger partial charge on any atom is 0.154 e. The maximum atomic E-state index is 11.9. The molecule has 1 aromatic carbocycles. The Morgan fingerprint density at radius 1 is 1.27 bits per heavy atom. The summed E-state index contributed by atoms with van der Waals surface area (Å²) in [5, 5.41) is 0. The van der Waals surface area contributed by atoms with Gasteiger partial charge in [-0.25, -0.2) is 0 Å². The van der Waals surface area contributed by atoms with Gasteiger partial charge in [-0.1, -0.05) is 37.3 Å². The summed E-state index contributed by atoms with van der Waals surface area (Å²) < 4.78 is 0. The highest BCUT2D eigenvalue weighted by molar-refractivity contribution is 5.85. The highest BCUT2D eigenvalue weighted by Crippen LogP contribution is 2.07. The molecule has 2 heteroatoms. The second-order valence-corrected chi connectivity index (χ2v) is 4.02. The van der Waals surface area contributed by atoms with Crippen LogP contribution in [0.25, 0.3) is 0 Å². The minimum Gasteiger partial charge on any atom is -0.300 e. The van der Waals surface area contributed by atoms with Crippen molar-refractivity contribution < 1.29 is 4.79 Å². The minimum atomic E-state index is 0.0465. The summed E-state index contributed by atoms with van der Waals surface area (Å²) in [5.74, 6) is 0.300. The molecule has 1 aromatic rings. The van der Waals surface area contributed by atoms with E-state index in [0.29, 0.717) is 12.2 Å². The summed E-state index contributed by atoms with van der Waals surface area (Å²) in [6.45, 7) is 2.05. The van der Waals surface area contributed by atoms with Crippen molar-refractivity contribution in [3.8, 4) is 0 Å². The Balaban J connectivity index is 2.62. The Hall–Kier alpha value is -1.15. The number of benzene rings is 1. The number of hydrogen-bond acceptors (Lipinski definition) is 2. The van der Waals surface area contributed by atoms with Crippen molar-refractivity contribution in [2.24, 2.45) is 0 Å². The minimum absolute atomic E-state index is 0.0465. The van der Waals surface area contributed by atoms with Gasteiger partial charge >= 0.3 is 0 Å². The van der Waals surface area contributed by atoms with Gasteiger partial charge in [0.25, 0.3) is 0 Å². The van der Waals surface area contributed by atoms with Crippen LogP contribution < -0.4 is 0 Å². The number of likely N-dealkylation sites (N-methyl/N-ethyl adjacent to an activating group) is 1. The standard InChI is InChI=1S/C13H19NO/c1-4-12(14(2)3)13(15)10-11-8-6-5-7-9-11/h5-9,12H,4,10H2,1-3H3. The van der Waals surface area contributed by atoms with Crippen molar-refractivity contribution in [2.45, 2.75) is 25.8 Å². The third kappa shape index (κ3) is 3.48. The molecule has 0 aromatic heterocycles. The third-order valence-electron chi connectivity index (χ3n) is 2.60. The Kier molecular flexibility index (Phi) is 4.50. The van der Waals surface area contributed by atoms with Crippen LogP contribution in [0.5, 0.6) is 0 Å². The van der Waals surface area contributed by atoms with E-state index in [1.165, 1.54) is 0 Å². The van der Waals surface area contributed by atoms with Crippen LogP contribution >= 0.6 is 0 Å². The lowest BCUT2D eigenvalue weighted by atomic mass is 10.0. The number of rotatable bonds is 5. The van der Waals surface area contributed by atoms with Crippen molar-refractivity contribution in [2.75, 3.05) is 14.1 Å². The molecule has 0 N–H and O–H groups in total. The van der Waals surface area contributed by atoms with E-state index in [9.17, 15) is 4.79 Å². The van der Waals surface area contributed by atoms with Crippen LogP contribution in [0.15, 0.2) is 30.3 Å². The zero-order valence-corrected chi connectivity index (χ0v) is 9.73. The van der Waals surface area contributed by atoms with Crippen LogP contribution in [0, 0.1) is 0 Å². The van der Waals surface area contributed by atoms with Crippen molar-refractivity contribution in [1.29, 1.82) is 0 Å². The van der Waals surface area contributed by atoms with Gasteiger partial charge in [-0.15, -0.1) is 0 Å². The normalized spacial score (nSPS) is 12.8.